The number of rotatable bonds is 3. The fraction of sp³-hybridized carbons (Fsp3) is 0.188. The first-order valence-corrected chi connectivity index (χ1v) is 7.04. The average Bonchev–Trinajstić information content (AvgIpc) is 2.74. The fourth-order valence-corrected chi connectivity index (χ4v) is 2.73. The van der Waals surface area contributed by atoms with Crippen LogP contribution in [0.3, 0.4) is 0 Å². The van der Waals surface area contributed by atoms with Crippen molar-refractivity contribution in [3.8, 4) is 0 Å². The van der Waals surface area contributed by atoms with Gasteiger partial charge in [-0.3, -0.25) is 19.5 Å². The summed E-state index contributed by atoms with van der Waals surface area (Å²) in [4.78, 5) is 29.8. The van der Waals surface area contributed by atoms with Crippen LogP contribution in [0, 0.1) is 5.92 Å². The molecule has 21 heavy (non-hydrogen) atoms. The Labute approximate surface area is 127 Å². The molecule has 3 rings (SSSR count). The third kappa shape index (κ3) is 2.81. The minimum absolute atomic E-state index is 0.168. The van der Waals surface area contributed by atoms with E-state index >= 15 is 0 Å². The number of amides is 2. The molecule has 0 bridgehead atoms. The normalized spacial score (nSPS) is 18.3. The van der Waals surface area contributed by atoms with E-state index in [-0.39, 0.29) is 24.2 Å². The van der Waals surface area contributed by atoms with E-state index in [1.54, 1.807) is 36.7 Å². The summed E-state index contributed by atoms with van der Waals surface area (Å²) in [7, 11) is 0. The molecule has 1 saturated heterocycles. The van der Waals surface area contributed by atoms with Crippen molar-refractivity contribution in [2.75, 3.05) is 4.90 Å². The quantitative estimate of drug-likeness (QED) is 0.819. The van der Waals surface area contributed by atoms with Gasteiger partial charge in [-0.25, -0.2) is 0 Å². The molecular formula is C16H13ClN2O2. The topological polar surface area (TPSA) is 50.3 Å². The number of anilines is 1. The Balaban J connectivity index is 1.82. The van der Waals surface area contributed by atoms with E-state index in [1.165, 1.54) is 4.90 Å². The zero-order valence-electron chi connectivity index (χ0n) is 11.2. The maximum atomic E-state index is 12.5. The molecule has 1 atom stereocenters. The number of nitrogens with zero attached hydrogens (tertiary/aromatic N) is 2. The van der Waals surface area contributed by atoms with Crippen LogP contribution in [0.4, 0.5) is 5.69 Å². The van der Waals surface area contributed by atoms with E-state index in [4.69, 9.17) is 11.6 Å². The molecule has 1 aromatic heterocycles. The van der Waals surface area contributed by atoms with Crippen molar-refractivity contribution in [3.05, 3.63) is 59.4 Å². The van der Waals surface area contributed by atoms with Gasteiger partial charge in [0.2, 0.25) is 11.8 Å². The number of aromatic nitrogens is 1. The molecule has 1 aromatic carbocycles. The molecule has 0 N–H and O–H groups in total. The summed E-state index contributed by atoms with van der Waals surface area (Å²) in [6.45, 7) is 0. The van der Waals surface area contributed by atoms with Crippen LogP contribution in [0.2, 0.25) is 5.02 Å². The zero-order valence-corrected chi connectivity index (χ0v) is 12.0. The lowest BCUT2D eigenvalue weighted by Gasteiger charge is -2.15. The highest BCUT2D eigenvalue weighted by atomic mass is 35.5. The van der Waals surface area contributed by atoms with Gasteiger partial charge in [-0.2, -0.15) is 0 Å². The first kappa shape index (κ1) is 13.8. The van der Waals surface area contributed by atoms with Gasteiger partial charge in [-0.1, -0.05) is 17.7 Å². The lowest BCUT2D eigenvalue weighted by Crippen LogP contribution is -2.30. The number of halogens is 1. The van der Waals surface area contributed by atoms with Gasteiger partial charge in [0.1, 0.15) is 0 Å². The van der Waals surface area contributed by atoms with Gasteiger partial charge in [0.25, 0.3) is 0 Å². The molecule has 0 radical (unpaired) electrons. The molecular weight excluding hydrogens is 288 g/mol. The van der Waals surface area contributed by atoms with Crippen molar-refractivity contribution in [1.82, 2.24) is 4.98 Å². The standard InChI is InChI=1S/C16H13ClN2O2/c17-13-2-1-3-14(10-13)19-15(20)9-12(16(19)21)8-11-4-6-18-7-5-11/h1-7,10,12H,8-9H2. The van der Waals surface area contributed by atoms with Gasteiger partial charge in [-0.15, -0.1) is 0 Å². The molecule has 0 saturated carbocycles. The fourth-order valence-electron chi connectivity index (χ4n) is 2.54. The predicted molar refractivity (Wildman–Crippen MR) is 80.0 cm³/mol. The van der Waals surface area contributed by atoms with E-state index in [1.807, 2.05) is 12.1 Å². The van der Waals surface area contributed by atoms with Crippen LogP contribution >= 0.6 is 11.6 Å². The minimum Gasteiger partial charge on any atom is -0.274 e. The highest BCUT2D eigenvalue weighted by Gasteiger charge is 2.39. The minimum atomic E-state index is -0.320. The zero-order chi connectivity index (χ0) is 14.8. The molecule has 2 amide bonds. The van der Waals surface area contributed by atoms with Crippen molar-refractivity contribution < 1.29 is 9.59 Å². The number of pyridine rings is 1. The summed E-state index contributed by atoms with van der Waals surface area (Å²) in [6.07, 6.45) is 4.15. The first-order valence-electron chi connectivity index (χ1n) is 6.66. The summed E-state index contributed by atoms with van der Waals surface area (Å²) in [5, 5.41) is 0.505. The molecule has 1 aliphatic rings. The van der Waals surface area contributed by atoms with E-state index in [2.05, 4.69) is 4.98 Å². The predicted octanol–water partition coefficient (Wildman–Crippen LogP) is 2.86. The molecule has 2 heterocycles. The third-order valence-electron chi connectivity index (χ3n) is 3.54. The average molecular weight is 301 g/mol. The van der Waals surface area contributed by atoms with Crippen LogP contribution in [0.5, 0.6) is 0 Å². The highest BCUT2D eigenvalue weighted by Crippen LogP contribution is 2.29. The second-order valence-electron chi connectivity index (χ2n) is 5.01. The summed E-state index contributed by atoms with van der Waals surface area (Å²) in [5.41, 5.74) is 1.54. The van der Waals surface area contributed by atoms with Gasteiger partial charge in [0.05, 0.1) is 11.6 Å². The maximum absolute atomic E-state index is 12.5. The number of imide groups is 1. The Morgan fingerprint density at radius 1 is 1.19 bits per heavy atom. The smallest absolute Gasteiger partial charge is 0.237 e. The SMILES string of the molecule is O=C1CC(Cc2ccncc2)C(=O)N1c1cccc(Cl)c1. The van der Waals surface area contributed by atoms with Crippen LogP contribution in [-0.2, 0) is 16.0 Å². The number of carbonyl (C=O) groups is 2. The Kier molecular flexibility index (Phi) is 3.71. The molecule has 0 spiro atoms. The molecule has 5 heteroatoms. The van der Waals surface area contributed by atoms with Gasteiger partial charge >= 0.3 is 0 Å². The van der Waals surface area contributed by atoms with E-state index in [0.29, 0.717) is 17.1 Å². The van der Waals surface area contributed by atoms with Gasteiger partial charge in [0.15, 0.2) is 0 Å². The summed E-state index contributed by atoms with van der Waals surface area (Å²) >= 11 is 5.93. The van der Waals surface area contributed by atoms with Gasteiger partial charge < -0.3 is 0 Å². The largest absolute Gasteiger partial charge is 0.274 e. The Morgan fingerprint density at radius 2 is 1.95 bits per heavy atom. The summed E-state index contributed by atoms with van der Waals surface area (Å²) in [6, 6.07) is 10.5. The van der Waals surface area contributed by atoms with Gasteiger partial charge in [-0.05, 0) is 42.3 Å². The van der Waals surface area contributed by atoms with Crippen LogP contribution in [-0.4, -0.2) is 16.8 Å². The number of benzene rings is 1. The number of hydrogen-bond donors (Lipinski definition) is 0. The molecule has 0 aliphatic carbocycles. The third-order valence-corrected chi connectivity index (χ3v) is 3.77. The Bertz CT molecular complexity index is 688. The van der Waals surface area contributed by atoms with Crippen LogP contribution < -0.4 is 4.90 Å². The lowest BCUT2D eigenvalue weighted by atomic mass is 9.99. The maximum Gasteiger partial charge on any atom is 0.237 e. The van der Waals surface area contributed by atoms with Crippen molar-refractivity contribution >= 4 is 29.1 Å². The van der Waals surface area contributed by atoms with Crippen molar-refractivity contribution in [3.63, 3.8) is 0 Å². The molecule has 2 aromatic rings. The summed E-state index contributed by atoms with van der Waals surface area (Å²) in [5.74, 6) is -0.667. The Hall–Kier alpha value is -2.20. The molecule has 1 aliphatic heterocycles. The molecule has 1 fully saturated rings. The van der Waals surface area contributed by atoms with Crippen molar-refractivity contribution in [2.24, 2.45) is 5.92 Å². The monoisotopic (exact) mass is 300 g/mol. The number of hydrogen-bond acceptors (Lipinski definition) is 3. The second-order valence-corrected chi connectivity index (χ2v) is 5.44. The first-order chi connectivity index (χ1) is 10.1. The molecule has 1 unspecified atom stereocenters. The molecule has 106 valence electrons. The molecule has 4 nitrogen and oxygen atoms in total. The van der Waals surface area contributed by atoms with Crippen LogP contribution in [0.1, 0.15) is 12.0 Å². The van der Waals surface area contributed by atoms with Crippen molar-refractivity contribution in [2.45, 2.75) is 12.8 Å². The van der Waals surface area contributed by atoms with Gasteiger partial charge in [0, 0.05) is 23.8 Å². The second kappa shape index (κ2) is 5.66. The van der Waals surface area contributed by atoms with E-state index in [9.17, 15) is 9.59 Å². The lowest BCUT2D eigenvalue weighted by molar-refractivity contribution is -0.122. The highest BCUT2D eigenvalue weighted by molar-refractivity contribution is 6.31. The van der Waals surface area contributed by atoms with E-state index in [0.717, 1.165) is 5.56 Å². The van der Waals surface area contributed by atoms with Crippen LogP contribution in [0.15, 0.2) is 48.8 Å². The van der Waals surface area contributed by atoms with E-state index < -0.39 is 0 Å². The van der Waals surface area contributed by atoms with Crippen LogP contribution in [0.25, 0.3) is 0 Å². The Morgan fingerprint density at radius 3 is 2.67 bits per heavy atom. The summed E-state index contributed by atoms with van der Waals surface area (Å²) < 4.78 is 0. The number of carbonyl (C=O) groups excluding carboxylic acids is 2. The van der Waals surface area contributed by atoms with Crippen molar-refractivity contribution in [1.29, 1.82) is 0 Å².